The number of alkyl halides is 3. The van der Waals surface area contributed by atoms with Crippen molar-refractivity contribution in [2.45, 2.75) is 52.0 Å². The van der Waals surface area contributed by atoms with Crippen LogP contribution in [0.3, 0.4) is 0 Å². The molecule has 0 unspecified atom stereocenters. The maximum absolute atomic E-state index is 13.3. The number of hydrogen-bond donors (Lipinski definition) is 1. The van der Waals surface area contributed by atoms with Crippen LogP contribution in [0, 0.1) is 0 Å². The third-order valence-electron chi connectivity index (χ3n) is 4.56. The Labute approximate surface area is 161 Å². The number of anilines is 1. The van der Waals surface area contributed by atoms with E-state index in [1.165, 1.54) is 25.1 Å². The molecule has 0 spiro atoms. The molecule has 148 valence electrons. The highest BCUT2D eigenvalue weighted by molar-refractivity contribution is 8.13. The Balaban J connectivity index is 2.48. The molecule has 1 saturated heterocycles. The van der Waals surface area contributed by atoms with E-state index in [4.69, 9.17) is 15.0 Å². The summed E-state index contributed by atoms with van der Waals surface area (Å²) in [6.07, 6.45) is -3.36. The molecule has 1 aromatic heterocycles. The van der Waals surface area contributed by atoms with E-state index >= 15 is 0 Å². The van der Waals surface area contributed by atoms with Crippen LogP contribution in [0.2, 0.25) is 0 Å². The minimum Gasteiger partial charge on any atom is -0.400 e. The lowest BCUT2D eigenvalue weighted by Crippen LogP contribution is -2.41. The van der Waals surface area contributed by atoms with Gasteiger partial charge in [0.2, 0.25) is 0 Å². The van der Waals surface area contributed by atoms with Gasteiger partial charge in [0.05, 0.1) is 11.2 Å². The summed E-state index contributed by atoms with van der Waals surface area (Å²) in [5.41, 5.74) is 3.24. The molecule has 0 bridgehead atoms. The van der Waals surface area contributed by atoms with Gasteiger partial charge < -0.3 is 15.0 Å². The quantitative estimate of drug-likeness (QED) is 0.769. The lowest BCUT2D eigenvalue weighted by Gasteiger charge is -2.32. The molecule has 0 radical (unpaired) electrons. The summed E-state index contributed by atoms with van der Waals surface area (Å²) >= 11 is 0.969. The molecular formula is C17H22BF3N2O3S. The Hall–Kier alpha value is -1.52. The van der Waals surface area contributed by atoms with Gasteiger partial charge >= 0.3 is 13.3 Å². The van der Waals surface area contributed by atoms with Crippen molar-refractivity contribution in [3.8, 4) is 0 Å². The van der Waals surface area contributed by atoms with E-state index in [9.17, 15) is 18.0 Å². The van der Waals surface area contributed by atoms with Gasteiger partial charge in [-0.2, -0.15) is 13.2 Å². The van der Waals surface area contributed by atoms with Gasteiger partial charge in [0.25, 0.3) is 0 Å². The molecule has 2 N–H and O–H groups in total. The Bertz CT molecular complexity index is 750. The van der Waals surface area contributed by atoms with Gasteiger partial charge in [0.1, 0.15) is 5.82 Å². The van der Waals surface area contributed by atoms with Crippen LogP contribution >= 0.6 is 11.8 Å². The predicted molar refractivity (Wildman–Crippen MR) is 101 cm³/mol. The lowest BCUT2D eigenvalue weighted by atomic mass is 9.78. The fraction of sp³-hybridized carbons (Fsp3) is 0.529. The standard InChI is InChI=1S/C17H22BF3N2O3S/c1-10(24)27-9-12(18-25-15(2,3)16(4,5)26-18)8-11-6-7-13(22)23-14(11)17(19,20)21/h6-8H,9H2,1-5H3,(H2,22,23). The lowest BCUT2D eigenvalue weighted by molar-refractivity contribution is -0.141. The first-order valence-electron chi connectivity index (χ1n) is 8.26. The van der Waals surface area contributed by atoms with Crippen LogP contribution in [-0.4, -0.2) is 34.2 Å². The largest absolute Gasteiger partial charge is 0.491 e. The van der Waals surface area contributed by atoms with E-state index in [1.807, 2.05) is 27.7 Å². The first-order chi connectivity index (χ1) is 12.2. The van der Waals surface area contributed by atoms with Gasteiger partial charge in [0, 0.05) is 18.2 Å². The Kier molecular flexibility index (Phi) is 6.04. The Morgan fingerprint density at radius 2 is 1.81 bits per heavy atom. The summed E-state index contributed by atoms with van der Waals surface area (Å²) in [6, 6.07) is 2.54. The second kappa shape index (κ2) is 7.48. The number of nitrogen functional groups attached to an aromatic ring is 1. The second-order valence-electron chi connectivity index (χ2n) is 7.26. The molecule has 0 atom stereocenters. The van der Waals surface area contributed by atoms with Crippen molar-refractivity contribution >= 4 is 35.9 Å². The fourth-order valence-electron chi connectivity index (χ4n) is 2.39. The maximum Gasteiger partial charge on any atom is 0.491 e. The third-order valence-corrected chi connectivity index (χ3v) is 5.44. The average molecular weight is 402 g/mol. The number of carbonyl (C=O) groups is 1. The number of nitrogens with zero attached hydrogens (tertiary/aromatic N) is 1. The smallest absolute Gasteiger partial charge is 0.400 e. The average Bonchev–Trinajstić information content (AvgIpc) is 2.71. The minimum absolute atomic E-state index is 0.133. The molecule has 0 aliphatic carbocycles. The van der Waals surface area contributed by atoms with Gasteiger partial charge in [-0.1, -0.05) is 17.8 Å². The summed E-state index contributed by atoms with van der Waals surface area (Å²) in [7, 11) is -0.875. The van der Waals surface area contributed by atoms with E-state index in [0.717, 1.165) is 11.8 Å². The number of rotatable bonds is 4. The molecular weight excluding hydrogens is 380 g/mol. The highest BCUT2D eigenvalue weighted by Crippen LogP contribution is 2.40. The monoisotopic (exact) mass is 402 g/mol. The van der Waals surface area contributed by atoms with Crippen molar-refractivity contribution in [1.29, 1.82) is 0 Å². The normalized spacial score (nSPS) is 19.4. The van der Waals surface area contributed by atoms with Crippen LogP contribution in [0.25, 0.3) is 6.08 Å². The SMILES string of the molecule is CC(=O)SCC(=Cc1ccc(N)nc1C(F)(F)F)B1OC(C)(C)C(C)(C)O1. The molecule has 2 heterocycles. The zero-order valence-corrected chi connectivity index (χ0v) is 16.6. The highest BCUT2D eigenvalue weighted by atomic mass is 32.2. The minimum atomic E-state index is -4.67. The van der Waals surface area contributed by atoms with Crippen molar-refractivity contribution in [2.75, 3.05) is 11.5 Å². The summed E-state index contributed by atoms with van der Waals surface area (Å²) in [6.45, 7) is 8.76. The Morgan fingerprint density at radius 1 is 1.26 bits per heavy atom. The molecule has 0 amide bonds. The van der Waals surface area contributed by atoms with Gasteiger partial charge in [0.15, 0.2) is 10.8 Å². The van der Waals surface area contributed by atoms with E-state index in [1.54, 1.807) is 0 Å². The van der Waals surface area contributed by atoms with E-state index in [-0.39, 0.29) is 22.2 Å². The molecule has 10 heteroatoms. The van der Waals surface area contributed by atoms with Crippen LogP contribution in [0.15, 0.2) is 17.6 Å². The maximum atomic E-state index is 13.3. The number of carbonyl (C=O) groups excluding carboxylic acids is 1. The van der Waals surface area contributed by atoms with Crippen LogP contribution in [0.1, 0.15) is 45.9 Å². The molecule has 2 rings (SSSR count). The Morgan fingerprint density at radius 3 is 2.30 bits per heavy atom. The highest BCUT2D eigenvalue weighted by Gasteiger charge is 2.52. The van der Waals surface area contributed by atoms with Crippen LogP contribution in [-0.2, 0) is 20.3 Å². The molecule has 27 heavy (non-hydrogen) atoms. The van der Waals surface area contributed by atoms with Crippen LogP contribution < -0.4 is 5.73 Å². The molecule has 1 fully saturated rings. The number of pyridine rings is 1. The third kappa shape index (κ3) is 5.06. The molecule has 1 aromatic rings. The summed E-state index contributed by atoms with van der Waals surface area (Å²) < 4.78 is 51.9. The van der Waals surface area contributed by atoms with E-state index in [2.05, 4.69) is 4.98 Å². The first kappa shape index (κ1) is 21.8. The molecule has 1 aliphatic rings. The zero-order chi connectivity index (χ0) is 20.6. The van der Waals surface area contributed by atoms with Gasteiger partial charge in [-0.3, -0.25) is 4.79 Å². The molecule has 0 saturated carbocycles. The molecule has 1 aliphatic heterocycles. The van der Waals surface area contributed by atoms with E-state index in [0.29, 0.717) is 5.47 Å². The second-order valence-corrected chi connectivity index (χ2v) is 8.41. The predicted octanol–water partition coefficient (Wildman–Crippen LogP) is 3.98. The topological polar surface area (TPSA) is 74.4 Å². The van der Waals surface area contributed by atoms with Crippen molar-refractivity contribution in [1.82, 2.24) is 4.98 Å². The molecule has 5 nitrogen and oxygen atoms in total. The number of halogens is 3. The number of hydrogen-bond acceptors (Lipinski definition) is 6. The number of aromatic nitrogens is 1. The summed E-state index contributed by atoms with van der Waals surface area (Å²) in [4.78, 5) is 14.8. The van der Waals surface area contributed by atoms with Crippen molar-refractivity contribution < 1.29 is 27.3 Å². The zero-order valence-electron chi connectivity index (χ0n) is 15.8. The number of nitrogens with two attached hydrogens (primary N) is 1. The summed E-state index contributed by atoms with van der Waals surface area (Å²) in [5.74, 6) is -0.0943. The van der Waals surface area contributed by atoms with Crippen LogP contribution in [0.5, 0.6) is 0 Å². The first-order valence-corrected chi connectivity index (χ1v) is 9.25. The summed E-state index contributed by atoms with van der Waals surface area (Å²) in [5, 5.41) is -0.163. The van der Waals surface area contributed by atoms with Crippen molar-refractivity contribution in [3.05, 3.63) is 28.9 Å². The van der Waals surface area contributed by atoms with Gasteiger partial charge in [-0.05, 0) is 45.3 Å². The molecule has 0 aromatic carbocycles. The van der Waals surface area contributed by atoms with E-state index < -0.39 is 30.2 Å². The van der Waals surface area contributed by atoms with Crippen LogP contribution in [0.4, 0.5) is 19.0 Å². The van der Waals surface area contributed by atoms with Gasteiger partial charge in [-0.15, -0.1) is 0 Å². The van der Waals surface area contributed by atoms with Crippen molar-refractivity contribution in [2.24, 2.45) is 0 Å². The number of thioether (sulfide) groups is 1. The van der Waals surface area contributed by atoms with Crippen molar-refractivity contribution in [3.63, 3.8) is 0 Å². The van der Waals surface area contributed by atoms with Gasteiger partial charge in [-0.25, -0.2) is 4.98 Å². The fourth-order valence-corrected chi connectivity index (χ4v) is 2.97.